The van der Waals surface area contributed by atoms with Gasteiger partial charge in [0.15, 0.2) is 0 Å². The van der Waals surface area contributed by atoms with Crippen LogP contribution in [0, 0.1) is 0 Å². The number of aryl methyl sites for hydroxylation is 1. The van der Waals surface area contributed by atoms with Crippen molar-refractivity contribution in [3.05, 3.63) is 12.4 Å². The lowest BCUT2D eigenvalue weighted by Gasteiger charge is -2.40. The van der Waals surface area contributed by atoms with Crippen LogP contribution < -0.4 is 10.2 Å². The van der Waals surface area contributed by atoms with Crippen molar-refractivity contribution < 1.29 is 0 Å². The smallest absolute Gasteiger partial charge is 0.205 e. The molecule has 0 radical (unpaired) electrons. The van der Waals surface area contributed by atoms with Crippen LogP contribution >= 0.6 is 0 Å². The summed E-state index contributed by atoms with van der Waals surface area (Å²) in [5.41, 5.74) is 0. The van der Waals surface area contributed by atoms with Gasteiger partial charge in [-0.05, 0) is 45.6 Å². The summed E-state index contributed by atoms with van der Waals surface area (Å²) in [5.74, 6) is 1.18. The Morgan fingerprint density at radius 2 is 2.28 bits per heavy atom. The van der Waals surface area contributed by atoms with Crippen LogP contribution in [0.1, 0.15) is 39.0 Å². The van der Waals surface area contributed by atoms with Crippen molar-refractivity contribution in [2.45, 2.75) is 57.7 Å². The molecule has 2 aliphatic rings. The summed E-state index contributed by atoms with van der Waals surface area (Å²) in [6, 6.07) is 1.32. The highest BCUT2D eigenvalue weighted by Crippen LogP contribution is 2.28. The van der Waals surface area contributed by atoms with Crippen molar-refractivity contribution in [3.63, 3.8) is 0 Å². The fraction of sp³-hybridized carbons (Fsp3) is 0.786. The zero-order chi connectivity index (χ0) is 12.4. The lowest BCUT2D eigenvalue weighted by Crippen LogP contribution is -2.51. The highest BCUT2D eigenvalue weighted by molar-refractivity contribution is 5.35. The van der Waals surface area contributed by atoms with Gasteiger partial charge in [-0.2, -0.15) is 0 Å². The lowest BCUT2D eigenvalue weighted by molar-refractivity contribution is 0.370. The number of imidazole rings is 1. The van der Waals surface area contributed by atoms with E-state index < -0.39 is 0 Å². The second-order valence-electron chi connectivity index (χ2n) is 5.47. The summed E-state index contributed by atoms with van der Waals surface area (Å²) < 4.78 is 2.27. The van der Waals surface area contributed by atoms with Crippen molar-refractivity contribution in [2.75, 3.05) is 18.0 Å². The number of piperidine rings is 1. The normalized spacial score (nSPS) is 28.8. The molecule has 2 unspecified atom stereocenters. The molecule has 18 heavy (non-hydrogen) atoms. The molecule has 2 fully saturated rings. The van der Waals surface area contributed by atoms with Crippen molar-refractivity contribution >= 4 is 5.95 Å². The van der Waals surface area contributed by atoms with Crippen LogP contribution in [0.25, 0.3) is 0 Å². The maximum absolute atomic E-state index is 4.59. The molecular formula is C14H24N4. The summed E-state index contributed by atoms with van der Waals surface area (Å²) >= 11 is 0. The van der Waals surface area contributed by atoms with Crippen LogP contribution in [0.4, 0.5) is 5.95 Å². The van der Waals surface area contributed by atoms with E-state index in [-0.39, 0.29) is 0 Å². The Labute approximate surface area is 109 Å². The number of rotatable bonds is 3. The van der Waals surface area contributed by atoms with Crippen LogP contribution in [0.5, 0.6) is 0 Å². The van der Waals surface area contributed by atoms with E-state index in [1.54, 1.807) is 0 Å². The minimum atomic E-state index is 0.647. The first kappa shape index (κ1) is 12.0. The zero-order valence-corrected chi connectivity index (χ0v) is 11.3. The van der Waals surface area contributed by atoms with Gasteiger partial charge in [0.25, 0.3) is 0 Å². The number of nitrogens with zero attached hydrogens (tertiary/aromatic N) is 3. The molecule has 0 bridgehead atoms. The maximum atomic E-state index is 4.59. The molecule has 0 saturated carbocycles. The molecule has 0 aromatic carbocycles. The largest absolute Gasteiger partial charge is 0.338 e. The Bertz CT molecular complexity index is 381. The fourth-order valence-electron chi connectivity index (χ4n) is 3.47. The van der Waals surface area contributed by atoms with Gasteiger partial charge in [0.05, 0.1) is 0 Å². The molecule has 4 heteroatoms. The summed E-state index contributed by atoms with van der Waals surface area (Å²) in [7, 11) is 0. The van der Waals surface area contributed by atoms with E-state index >= 15 is 0 Å². The topological polar surface area (TPSA) is 33.1 Å². The quantitative estimate of drug-likeness (QED) is 0.888. The maximum Gasteiger partial charge on any atom is 0.205 e. The highest BCUT2D eigenvalue weighted by Gasteiger charge is 2.33. The number of hydrogen-bond donors (Lipinski definition) is 1. The van der Waals surface area contributed by atoms with E-state index in [2.05, 4.69) is 32.9 Å². The average Bonchev–Trinajstić information content (AvgIpc) is 3.09. The van der Waals surface area contributed by atoms with Gasteiger partial charge in [-0.1, -0.05) is 0 Å². The molecule has 1 N–H and O–H groups in total. The van der Waals surface area contributed by atoms with Gasteiger partial charge < -0.3 is 14.8 Å². The van der Waals surface area contributed by atoms with Crippen LogP contribution in [0.15, 0.2) is 12.4 Å². The molecular weight excluding hydrogens is 224 g/mol. The monoisotopic (exact) mass is 248 g/mol. The van der Waals surface area contributed by atoms with E-state index in [4.69, 9.17) is 0 Å². The molecule has 1 aromatic rings. The Hall–Kier alpha value is -1.03. The Morgan fingerprint density at radius 1 is 1.33 bits per heavy atom. The van der Waals surface area contributed by atoms with Gasteiger partial charge >= 0.3 is 0 Å². The lowest BCUT2D eigenvalue weighted by atomic mass is 9.95. The molecule has 0 aliphatic carbocycles. The first-order valence-electron chi connectivity index (χ1n) is 7.41. The summed E-state index contributed by atoms with van der Waals surface area (Å²) in [6.45, 7) is 5.56. The zero-order valence-electron chi connectivity index (χ0n) is 11.3. The second-order valence-corrected chi connectivity index (χ2v) is 5.47. The first-order chi connectivity index (χ1) is 8.90. The summed E-state index contributed by atoms with van der Waals surface area (Å²) in [6.07, 6.45) is 10.7. The van der Waals surface area contributed by atoms with E-state index in [1.807, 2.05) is 6.20 Å². The van der Waals surface area contributed by atoms with Crippen LogP contribution in [-0.2, 0) is 6.54 Å². The Balaban J connectivity index is 1.82. The average molecular weight is 248 g/mol. The van der Waals surface area contributed by atoms with E-state index in [0.29, 0.717) is 12.1 Å². The van der Waals surface area contributed by atoms with E-state index in [1.165, 1.54) is 51.1 Å². The molecule has 0 amide bonds. The van der Waals surface area contributed by atoms with Gasteiger partial charge in [-0.3, -0.25) is 0 Å². The highest BCUT2D eigenvalue weighted by atomic mass is 15.3. The van der Waals surface area contributed by atoms with Crippen molar-refractivity contribution in [1.29, 1.82) is 0 Å². The summed E-state index contributed by atoms with van der Waals surface area (Å²) in [4.78, 5) is 7.15. The second kappa shape index (κ2) is 5.31. The van der Waals surface area contributed by atoms with Crippen LogP contribution in [0.2, 0.25) is 0 Å². The van der Waals surface area contributed by atoms with Crippen LogP contribution in [-0.4, -0.2) is 34.7 Å². The number of anilines is 1. The number of nitrogens with one attached hydrogen (secondary N) is 1. The molecule has 3 heterocycles. The minimum absolute atomic E-state index is 0.647. The van der Waals surface area contributed by atoms with Gasteiger partial charge in [0, 0.05) is 37.6 Å². The molecule has 1 aromatic heterocycles. The molecule has 0 spiro atoms. The van der Waals surface area contributed by atoms with E-state index in [9.17, 15) is 0 Å². The molecule has 2 aliphatic heterocycles. The molecule has 3 rings (SSSR count). The number of aromatic nitrogens is 2. The van der Waals surface area contributed by atoms with Gasteiger partial charge in [-0.15, -0.1) is 0 Å². The molecule has 2 saturated heterocycles. The van der Waals surface area contributed by atoms with Crippen molar-refractivity contribution in [2.24, 2.45) is 0 Å². The number of hydrogen-bond acceptors (Lipinski definition) is 3. The SMILES string of the molecule is CCn1ccnc1N1CCCCC1C1CCCN1. The predicted molar refractivity (Wildman–Crippen MR) is 73.9 cm³/mol. The molecule has 100 valence electrons. The van der Waals surface area contributed by atoms with Crippen molar-refractivity contribution in [3.8, 4) is 0 Å². The van der Waals surface area contributed by atoms with Gasteiger partial charge in [0.1, 0.15) is 0 Å². The molecule has 4 nitrogen and oxygen atoms in total. The predicted octanol–water partition coefficient (Wildman–Crippen LogP) is 2.01. The third-order valence-electron chi connectivity index (χ3n) is 4.40. The van der Waals surface area contributed by atoms with Gasteiger partial charge in [0.2, 0.25) is 5.95 Å². The Kier molecular flexibility index (Phi) is 3.55. The first-order valence-corrected chi connectivity index (χ1v) is 7.41. The van der Waals surface area contributed by atoms with Gasteiger partial charge in [-0.25, -0.2) is 4.98 Å². The fourth-order valence-corrected chi connectivity index (χ4v) is 3.47. The third kappa shape index (κ3) is 2.14. The third-order valence-corrected chi connectivity index (χ3v) is 4.40. The summed E-state index contributed by atoms with van der Waals surface area (Å²) in [5, 5.41) is 3.68. The van der Waals surface area contributed by atoms with Crippen molar-refractivity contribution in [1.82, 2.24) is 14.9 Å². The van der Waals surface area contributed by atoms with E-state index in [0.717, 1.165) is 6.54 Å². The van der Waals surface area contributed by atoms with Crippen LogP contribution in [0.3, 0.4) is 0 Å². The standard InChI is InChI=1S/C14H24N4/c1-2-17-11-9-16-14(17)18-10-4-3-7-13(18)12-6-5-8-15-12/h9,11-13,15H,2-8,10H2,1H3. The Morgan fingerprint density at radius 3 is 3.06 bits per heavy atom. The molecule has 2 atom stereocenters. The minimum Gasteiger partial charge on any atom is -0.338 e.